The van der Waals surface area contributed by atoms with Crippen LogP contribution in [-0.4, -0.2) is 18.6 Å². The minimum atomic E-state index is 0.508. The SMILES string of the molecule is COc1c[nH]c(C2CCCN2)c1. The van der Waals surface area contributed by atoms with Gasteiger partial charge in [0.1, 0.15) is 5.75 Å². The van der Waals surface area contributed by atoms with Crippen LogP contribution in [-0.2, 0) is 0 Å². The van der Waals surface area contributed by atoms with Gasteiger partial charge in [0.05, 0.1) is 7.11 Å². The van der Waals surface area contributed by atoms with E-state index in [1.165, 1.54) is 18.5 Å². The zero-order chi connectivity index (χ0) is 8.39. The molecule has 2 N–H and O–H groups in total. The van der Waals surface area contributed by atoms with E-state index in [0.717, 1.165) is 12.3 Å². The summed E-state index contributed by atoms with van der Waals surface area (Å²) in [5.41, 5.74) is 1.24. The maximum Gasteiger partial charge on any atom is 0.136 e. The topological polar surface area (TPSA) is 37.0 Å². The van der Waals surface area contributed by atoms with Crippen LogP contribution in [0.5, 0.6) is 5.75 Å². The molecule has 0 amide bonds. The second kappa shape index (κ2) is 3.19. The number of rotatable bonds is 2. The molecule has 0 bridgehead atoms. The van der Waals surface area contributed by atoms with Gasteiger partial charge in [-0.15, -0.1) is 0 Å². The molecule has 3 nitrogen and oxygen atoms in total. The zero-order valence-corrected chi connectivity index (χ0v) is 7.26. The van der Waals surface area contributed by atoms with Gasteiger partial charge in [-0.2, -0.15) is 0 Å². The Kier molecular flexibility index (Phi) is 2.04. The van der Waals surface area contributed by atoms with Crippen LogP contribution in [0.1, 0.15) is 24.6 Å². The molecule has 0 saturated carbocycles. The van der Waals surface area contributed by atoms with Crippen LogP contribution in [0, 0.1) is 0 Å². The van der Waals surface area contributed by atoms with Crippen molar-refractivity contribution in [1.29, 1.82) is 0 Å². The van der Waals surface area contributed by atoms with E-state index in [4.69, 9.17) is 4.74 Å². The lowest BCUT2D eigenvalue weighted by molar-refractivity contribution is 0.415. The molecule has 2 rings (SSSR count). The summed E-state index contributed by atoms with van der Waals surface area (Å²) in [7, 11) is 1.69. The van der Waals surface area contributed by atoms with Crippen LogP contribution in [0.15, 0.2) is 12.3 Å². The van der Waals surface area contributed by atoms with Gasteiger partial charge in [0.2, 0.25) is 0 Å². The van der Waals surface area contributed by atoms with Crippen molar-refractivity contribution in [3.05, 3.63) is 18.0 Å². The molecule has 12 heavy (non-hydrogen) atoms. The first-order valence-corrected chi connectivity index (χ1v) is 4.36. The third-order valence-corrected chi connectivity index (χ3v) is 2.35. The highest BCUT2D eigenvalue weighted by Crippen LogP contribution is 2.24. The summed E-state index contributed by atoms with van der Waals surface area (Å²) in [6.45, 7) is 1.13. The maximum absolute atomic E-state index is 5.10. The van der Waals surface area contributed by atoms with Crippen molar-refractivity contribution in [3.8, 4) is 5.75 Å². The first kappa shape index (κ1) is 7.68. The van der Waals surface area contributed by atoms with Crippen molar-refractivity contribution in [2.24, 2.45) is 0 Å². The Hall–Kier alpha value is -0.960. The normalized spacial score (nSPS) is 22.9. The molecular formula is C9H14N2O. The van der Waals surface area contributed by atoms with Gasteiger partial charge in [-0.25, -0.2) is 0 Å². The average Bonchev–Trinajstić information content (AvgIpc) is 2.75. The largest absolute Gasteiger partial charge is 0.495 e. The number of aromatic amines is 1. The Balaban J connectivity index is 2.11. The zero-order valence-electron chi connectivity index (χ0n) is 7.26. The standard InChI is InChI=1S/C9H14N2O/c1-12-7-5-9(11-6-7)8-3-2-4-10-8/h5-6,8,10-11H,2-4H2,1H3. The van der Waals surface area contributed by atoms with Crippen LogP contribution < -0.4 is 10.1 Å². The van der Waals surface area contributed by atoms with E-state index in [2.05, 4.69) is 16.4 Å². The van der Waals surface area contributed by atoms with Gasteiger partial charge in [-0.3, -0.25) is 0 Å². The first-order valence-electron chi connectivity index (χ1n) is 4.36. The molecule has 1 aliphatic rings. The fourth-order valence-electron chi connectivity index (χ4n) is 1.66. The van der Waals surface area contributed by atoms with Gasteiger partial charge in [-0.05, 0) is 19.4 Å². The molecule has 1 aromatic rings. The lowest BCUT2D eigenvalue weighted by atomic mass is 10.2. The fourth-order valence-corrected chi connectivity index (χ4v) is 1.66. The Morgan fingerprint density at radius 2 is 2.50 bits per heavy atom. The molecule has 0 radical (unpaired) electrons. The molecule has 1 saturated heterocycles. The summed E-state index contributed by atoms with van der Waals surface area (Å²) in [4.78, 5) is 3.21. The van der Waals surface area contributed by atoms with Gasteiger partial charge in [0, 0.05) is 24.0 Å². The van der Waals surface area contributed by atoms with Gasteiger partial charge in [0.25, 0.3) is 0 Å². The van der Waals surface area contributed by atoms with Crippen molar-refractivity contribution in [1.82, 2.24) is 10.3 Å². The molecule has 1 aromatic heterocycles. The fraction of sp³-hybridized carbons (Fsp3) is 0.556. The predicted octanol–water partition coefficient (Wildman–Crippen LogP) is 1.45. The third kappa shape index (κ3) is 1.32. The molecule has 0 aromatic carbocycles. The van der Waals surface area contributed by atoms with Crippen molar-refractivity contribution >= 4 is 0 Å². The number of ether oxygens (including phenoxy) is 1. The van der Waals surface area contributed by atoms with Crippen LogP contribution in [0.3, 0.4) is 0 Å². The summed E-state index contributed by atoms with van der Waals surface area (Å²) < 4.78 is 5.10. The van der Waals surface area contributed by atoms with Crippen molar-refractivity contribution in [2.75, 3.05) is 13.7 Å². The highest BCUT2D eigenvalue weighted by Gasteiger charge is 2.17. The molecule has 0 spiro atoms. The highest BCUT2D eigenvalue weighted by molar-refractivity contribution is 5.25. The maximum atomic E-state index is 5.10. The molecule has 66 valence electrons. The molecule has 1 fully saturated rings. The van der Waals surface area contributed by atoms with Crippen molar-refractivity contribution in [3.63, 3.8) is 0 Å². The van der Waals surface area contributed by atoms with Crippen LogP contribution in [0.4, 0.5) is 0 Å². The molecule has 0 aliphatic carbocycles. The number of nitrogens with one attached hydrogen (secondary N) is 2. The minimum Gasteiger partial charge on any atom is -0.495 e. The van der Waals surface area contributed by atoms with E-state index in [1.807, 2.05) is 6.20 Å². The summed E-state index contributed by atoms with van der Waals surface area (Å²) in [6.07, 6.45) is 4.39. The van der Waals surface area contributed by atoms with E-state index >= 15 is 0 Å². The summed E-state index contributed by atoms with van der Waals surface area (Å²) in [6, 6.07) is 2.57. The number of hydrogen-bond donors (Lipinski definition) is 2. The molecular weight excluding hydrogens is 152 g/mol. The quantitative estimate of drug-likeness (QED) is 0.697. The number of H-pyrrole nitrogens is 1. The lowest BCUT2D eigenvalue weighted by Gasteiger charge is -2.05. The Morgan fingerprint density at radius 1 is 1.58 bits per heavy atom. The second-order valence-electron chi connectivity index (χ2n) is 3.14. The van der Waals surface area contributed by atoms with Crippen LogP contribution in [0.25, 0.3) is 0 Å². The molecule has 1 aliphatic heterocycles. The Bertz CT molecular complexity index is 251. The molecule has 1 unspecified atom stereocenters. The molecule has 3 heteroatoms. The Morgan fingerprint density at radius 3 is 3.08 bits per heavy atom. The molecule has 2 heterocycles. The second-order valence-corrected chi connectivity index (χ2v) is 3.14. The Labute approximate surface area is 72.1 Å². The molecule has 1 atom stereocenters. The van der Waals surface area contributed by atoms with Gasteiger partial charge in [-0.1, -0.05) is 0 Å². The summed E-state index contributed by atoms with van der Waals surface area (Å²) in [5, 5.41) is 3.42. The number of hydrogen-bond acceptors (Lipinski definition) is 2. The van der Waals surface area contributed by atoms with E-state index in [-0.39, 0.29) is 0 Å². The van der Waals surface area contributed by atoms with E-state index < -0.39 is 0 Å². The lowest BCUT2D eigenvalue weighted by Crippen LogP contribution is -2.12. The van der Waals surface area contributed by atoms with E-state index in [9.17, 15) is 0 Å². The van der Waals surface area contributed by atoms with E-state index in [1.54, 1.807) is 7.11 Å². The van der Waals surface area contributed by atoms with Gasteiger partial charge >= 0.3 is 0 Å². The number of aromatic nitrogens is 1. The highest BCUT2D eigenvalue weighted by atomic mass is 16.5. The van der Waals surface area contributed by atoms with Crippen molar-refractivity contribution in [2.45, 2.75) is 18.9 Å². The predicted molar refractivity (Wildman–Crippen MR) is 47.3 cm³/mol. The third-order valence-electron chi connectivity index (χ3n) is 2.35. The van der Waals surface area contributed by atoms with Gasteiger partial charge in [0.15, 0.2) is 0 Å². The van der Waals surface area contributed by atoms with Crippen LogP contribution >= 0.6 is 0 Å². The first-order chi connectivity index (χ1) is 5.90. The smallest absolute Gasteiger partial charge is 0.136 e. The number of methoxy groups -OCH3 is 1. The van der Waals surface area contributed by atoms with E-state index in [0.29, 0.717) is 6.04 Å². The van der Waals surface area contributed by atoms with Crippen molar-refractivity contribution < 1.29 is 4.74 Å². The average molecular weight is 166 g/mol. The monoisotopic (exact) mass is 166 g/mol. The summed E-state index contributed by atoms with van der Waals surface area (Å²) in [5.74, 6) is 0.915. The summed E-state index contributed by atoms with van der Waals surface area (Å²) >= 11 is 0. The minimum absolute atomic E-state index is 0.508. The van der Waals surface area contributed by atoms with Gasteiger partial charge < -0.3 is 15.0 Å². The van der Waals surface area contributed by atoms with Crippen LogP contribution in [0.2, 0.25) is 0 Å².